The lowest BCUT2D eigenvalue weighted by Gasteiger charge is -2.05. The zero-order chi connectivity index (χ0) is 13.0. The van der Waals surface area contributed by atoms with E-state index in [1.807, 2.05) is 0 Å². The van der Waals surface area contributed by atoms with Crippen LogP contribution in [0.4, 0.5) is 13.2 Å². The number of aromatic nitrogens is 4. The highest BCUT2D eigenvalue weighted by molar-refractivity contribution is 5.40. The van der Waals surface area contributed by atoms with Crippen molar-refractivity contribution in [2.45, 2.75) is 12.7 Å². The van der Waals surface area contributed by atoms with E-state index >= 15 is 0 Å². The molecule has 0 aliphatic carbocycles. The predicted octanol–water partition coefficient (Wildman–Crippen LogP) is 1.18. The van der Waals surface area contributed by atoms with Crippen molar-refractivity contribution in [1.29, 1.82) is 0 Å². The van der Waals surface area contributed by atoms with Crippen molar-refractivity contribution >= 4 is 0 Å². The minimum Gasteiger partial charge on any atom is -0.337 e. The molecule has 0 amide bonds. The Balaban J connectivity index is 1.95. The second-order valence-electron chi connectivity index (χ2n) is 3.30. The van der Waals surface area contributed by atoms with Gasteiger partial charge in [0.2, 0.25) is 17.5 Å². The maximum Gasteiger partial charge on any atom is 0.401 e. The third-order valence-electron chi connectivity index (χ3n) is 1.84. The van der Waals surface area contributed by atoms with E-state index in [-0.39, 0.29) is 24.1 Å². The van der Waals surface area contributed by atoms with Gasteiger partial charge in [-0.15, -0.1) is 0 Å². The highest BCUT2D eigenvalue weighted by atomic mass is 19.4. The van der Waals surface area contributed by atoms with Gasteiger partial charge in [0.15, 0.2) is 0 Å². The minimum atomic E-state index is -4.27. The van der Waals surface area contributed by atoms with Gasteiger partial charge < -0.3 is 9.84 Å². The molecule has 6 nitrogen and oxygen atoms in total. The number of nitrogens with one attached hydrogen (secondary N) is 1. The Morgan fingerprint density at radius 1 is 1.17 bits per heavy atom. The third-order valence-corrected chi connectivity index (χ3v) is 1.84. The van der Waals surface area contributed by atoms with Crippen LogP contribution in [0.15, 0.2) is 23.0 Å². The smallest absolute Gasteiger partial charge is 0.337 e. The van der Waals surface area contributed by atoms with Crippen LogP contribution in [-0.2, 0) is 6.54 Å². The Kier molecular flexibility index (Phi) is 3.51. The molecule has 0 spiro atoms. The summed E-state index contributed by atoms with van der Waals surface area (Å²) in [7, 11) is 0. The predicted molar refractivity (Wildman–Crippen MR) is 53.1 cm³/mol. The zero-order valence-corrected chi connectivity index (χ0v) is 8.98. The van der Waals surface area contributed by atoms with Crippen molar-refractivity contribution in [3.63, 3.8) is 0 Å². The molecule has 2 heterocycles. The molecule has 0 atom stereocenters. The van der Waals surface area contributed by atoms with E-state index in [4.69, 9.17) is 4.52 Å². The first-order valence-corrected chi connectivity index (χ1v) is 4.92. The summed E-state index contributed by atoms with van der Waals surface area (Å²) < 4.78 is 40.4. The van der Waals surface area contributed by atoms with Crippen LogP contribution < -0.4 is 5.32 Å². The molecule has 0 radical (unpaired) electrons. The molecule has 0 bridgehead atoms. The van der Waals surface area contributed by atoms with Crippen LogP contribution in [0, 0.1) is 0 Å². The van der Waals surface area contributed by atoms with Crippen LogP contribution in [0.2, 0.25) is 0 Å². The number of rotatable bonds is 4. The topological polar surface area (TPSA) is 76.7 Å². The maximum atomic E-state index is 11.9. The van der Waals surface area contributed by atoms with Gasteiger partial charge in [-0.05, 0) is 6.07 Å². The second kappa shape index (κ2) is 5.08. The summed E-state index contributed by atoms with van der Waals surface area (Å²) in [5.74, 6) is 0.435. The fourth-order valence-corrected chi connectivity index (χ4v) is 1.14. The lowest BCUT2D eigenvalue weighted by atomic mass is 10.5. The summed E-state index contributed by atoms with van der Waals surface area (Å²) in [4.78, 5) is 11.6. The molecule has 9 heteroatoms. The molecule has 0 aliphatic heterocycles. The van der Waals surface area contributed by atoms with E-state index in [0.717, 1.165) is 0 Å². The quantitative estimate of drug-likeness (QED) is 0.888. The number of nitrogens with zero attached hydrogens (tertiary/aromatic N) is 4. The molecule has 18 heavy (non-hydrogen) atoms. The molecular formula is C9H8F3N5O. The molecule has 0 saturated heterocycles. The summed E-state index contributed by atoms with van der Waals surface area (Å²) in [5, 5.41) is 5.71. The Hall–Kier alpha value is -2.03. The van der Waals surface area contributed by atoms with Gasteiger partial charge in [0.05, 0.1) is 13.1 Å². The summed E-state index contributed by atoms with van der Waals surface area (Å²) >= 11 is 0. The average Bonchev–Trinajstić information content (AvgIpc) is 2.77. The first-order chi connectivity index (χ1) is 8.54. The third kappa shape index (κ3) is 3.48. The van der Waals surface area contributed by atoms with Crippen LogP contribution in [0.25, 0.3) is 11.6 Å². The lowest BCUT2D eigenvalue weighted by Crippen LogP contribution is -2.28. The largest absolute Gasteiger partial charge is 0.401 e. The van der Waals surface area contributed by atoms with Gasteiger partial charge in [0, 0.05) is 12.4 Å². The molecule has 0 aliphatic rings. The standard InChI is InChI=1S/C9H8F3N5O/c10-9(11,12)5-13-4-6-16-8(17-18-6)7-14-2-1-3-15-7/h1-3,13H,4-5H2. The molecule has 0 saturated carbocycles. The SMILES string of the molecule is FC(F)(F)CNCc1nc(-c2ncccn2)no1. The Morgan fingerprint density at radius 3 is 2.56 bits per heavy atom. The monoisotopic (exact) mass is 259 g/mol. The first-order valence-electron chi connectivity index (χ1n) is 4.92. The molecule has 2 aromatic rings. The van der Waals surface area contributed by atoms with E-state index in [0.29, 0.717) is 0 Å². The van der Waals surface area contributed by atoms with Gasteiger partial charge in [-0.25, -0.2) is 9.97 Å². The molecule has 1 N–H and O–H groups in total. The van der Waals surface area contributed by atoms with E-state index in [2.05, 4.69) is 25.4 Å². The van der Waals surface area contributed by atoms with E-state index in [9.17, 15) is 13.2 Å². The van der Waals surface area contributed by atoms with Gasteiger partial charge >= 0.3 is 6.18 Å². The van der Waals surface area contributed by atoms with Crippen LogP contribution >= 0.6 is 0 Å². The maximum absolute atomic E-state index is 11.9. The fourth-order valence-electron chi connectivity index (χ4n) is 1.14. The molecular weight excluding hydrogens is 251 g/mol. The van der Waals surface area contributed by atoms with Crippen LogP contribution in [0.5, 0.6) is 0 Å². The molecule has 0 fully saturated rings. The molecule has 96 valence electrons. The van der Waals surface area contributed by atoms with Gasteiger partial charge in [-0.2, -0.15) is 18.2 Å². The van der Waals surface area contributed by atoms with Gasteiger partial charge in [0.25, 0.3) is 0 Å². The van der Waals surface area contributed by atoms with Gasteiger partial charge in [-0.1, -0.05) is 5.16 Å². The number of halogens is 3. The number of alkyl halides is 3. The highest BCUT2D eigenvalue weighted by Gasteiger charge is 2.26. The van der Waals surface area contributed by atoms with Crippen molar-refractivity contribution in [2.24, 2.45) is 0 Å². The van der Waals surface area contributed by atoms with Gasteiger partial charge in [0.1, 0.15) is 0 Å². The molecule has 2 aromatic heterocycles. The lowest BCUT2D eigenvalue weighted by molar-refractivity contribution is -0.125. The molecule has 0 unspecified atom stereocenters. The Bertz CT molecular complexity index is 498. The second-order valence-corrected chi connectivity index (χ2v) is 3.30. The zero-order valence-electron chi connectivity index (χ0n) is 8.98. The van der Waals surface area contributed by atoms with E-state index in [1.54, 1.807) is 6.07 Å². The van der Waals surface area contributed by atoms with Gasteiger partial charge in [-0.3, -0.25) is 0 Å². The fraction of sp³-hybridized carbons (Fsp3) is 0.333. The van der Waals surface area contributed by atoms with E-state index in [1.165, 1.54) is 12.4 Å². The summed E-state index contributed by atoms with van der Waals surface area (Å²) in [5.41, 5.74) is 0. The van der Waals surface area contributed by atoms with Crippen LogP contribution in [0.1, 0.15) is 5.89 Å². The summed E-state index contributed by atoms with van der Waals surface area (Å²) in [6.07, 6.45) is -1.27. The Labute approximate surface area is 99.3 Å². The normalized spacial score (nSPS) is 11.7. The summed E-state index contributed by atoms with van der Waals surface area (Å²) in [6, 6.07) is 1.62. The highest BCUT2D eigenvalue weighted by Crippen LogP contribution is 2.13. The summed E-state index contributed by atoms with van der Waals surface area (Å²) in [6.45, 7) is -1.29. The number of hydrogen-bond acceptors (Lipinski definition) is 6. The van der Waals surface area contributed by atoms with Crippen molar-refractivity contribution in [3.8, 4) is 11.6 Å². The molecule has 0 aromatic carbocycles. The minimum absolute atomic E-state index is 0.0432. The van der Waals surface area contributed by atoms with Crippen LogP contribution in [-0.4, -0.2) is 32.8 Å². The molecule has 2 rings (SSSR count). The first kappa shape index (κ1) is 12.4. The Morgan fingerprint density at radius 2 is 1.89 bits per heavy atom. The van der Waals surface area contributed by atoms with E-state index < -0.39 is 12.7 Å². The number of hydrogen-bond donors (Lipinski definition) is 1. The van der Waals surface area contributed by atoms with Crippen molar-refractivity contribution in [2.75, 3.05) is 6.54 Å². The average molecular weight is 259 g/mol. The van der Waals surface area contributed by atoms with Crippen molar-refractivity contribution in [1.82, 2.24) is 25.4 Å². The van der Waals surface area contributed by atoms with Crippen molar-refractivity contribution < 1.29 is 17.7 Å². The van der Waals surface area contributed by atoms with Crippen LogP contribution in [0.3, 0.4) is 0 Å². The van der Waals surface area contributed by atoms with Crippen molar-refractivity contribution in [3.05, 3.63) is 24.4 Å².